The molecule has 1 N–H and O–H groups in total. The number of likely N-dealkylation sites (tertiary alicyclic amines) is 1. The molecule has 0 atom stereocenters. The van der Waals surface area contributed by atoms with Crippen LogP contribution in [0.1, 0.15) is 24.0 Å². The lowest BCUT2D eigenvalue weighted by Crippen LogP contribution is -2.32. The van der Waals surface area contributed by atoms with Gasteiger partial charge in [0.05, 0.1) is 6.61 Å². The summed E-state index contributed by atoms with van der Waals surface area (Å²) in [5, 5.41) is 3.39. The molecule has 1 aromatic carbocycles. The number of hydrogen-bond acceptors (Lipinski definition) is 3. The zero-order chi connectivity index (χ0) is 12.4. The van der Waals surface area contributed by atoms with Crippen molar-refractivity contribution in [3.8, 4) is 5.75 Å². The summed E-state index contributed by atoms with van der Waals surface area (Å²) in [5.41, 5.74) is 2.77. The van der Waals surface area contributed by atoms with Gasteiger partial charge in [-0.2, -0.15) is 0 Å². The van der Waals surface area contributed by atoms with Crippen molar-refractivity contribution in [2.45, 2.75) is 25.9 Å². The molecular formula is C15H22N2O. The number of hydrogen-bond donors (Lipinski definition) is 1. The van der Waals surface area contributed by atoms with Gasteiger partial charge in [0.1, 0.15) is 5.75 Å². The van der Waals surface area contributed by atoms with Gasteiger partial charge in [0.2, 0.25) is 0 Å². The molecule has 1 saturated heterocycles. The van der Waals surface area contributed by atoms with E-state index in [0.717, 1.165) is 31.4 Å². The predicted octanol–water partition coefficient (Wildman–Crippen LogP) is 2.01. The molecule has 0 amide bonds. The molecule has 3 nitrogen and oxygen atoms in total. The van der Waals surface area contributed by atoms with Crippen molar-refractivity contribution in [2.24, 2.45) is 5.92 Å². The second-order valence-electron chi connectivity index (χ2n) is 5.56. The molecule has 2 aliphatic heterocycles. The van der Waals surface area contributed by atoms with E-state index in [4.69, 9.17) is 4.74 Å². The van der Waals surface area contributed by atoms with E-state index < -0.39 is 0 Å². The predicted molar refractivity (Wildman–Crippen MR) is 72.7 cm³/mol. The second-order valence-corrected chi connectivity index (χ2v) is 5.56. The van der Waals surface area contributed by atoms with Gasteiger partial charge in [0.15, 0.2) is 0 Å². The van der Waals surface area contributed by atoms with Crippen LogP contribution in [-0.4, -0.2) is 31.6 Å². The van der Waals surface area contributed by atoms with Crippen molar-refractivity contribution < 1.29 is 4.74 Å². The van der Waals surface area contributed by atoms with Crippen LogP contribution in [0.25, 0.3) is 0 Å². The molecule has 0 unspecified atom stereocenters. The van der Waals surface area contributed by atoms with Crippen LogP contribution in [0.2, 0.25) is 0 Å². The number of fused-ring (bicyclic) bond motifs is 1. The van der Waals surface area contributed by atoms with Gasteiger partial charge >= 0.3 is 0 Å². The Kier molecular flexibility index (Phi) is 3.52. The van der Waals surface area contributed by atoms with Gasteiger partial charge in [-0.25, -0.2) is 0 Å². The highest BCUT2D eigenvalue weighted by Gasteiger charge is 2.19. The summed E-state index contributed by atoms with van der Waals surface area (Å²) in [5.74, 6) is 1.82. The normalized spacial score (nSPS) is 20.9. The third kappa shape index (κ3) is 2.52. The molecule has 0 spiro atoms. The summed E-state index contributed by atoms with van der Waals surface area (Å²) < 4.78 is 6.07. The first-order chi connectivity index (χ1) is 8.83. The Morgan fingerprint density at radius 1 is 1.28 bits per heavy atom. The first kappa shape index (κ1) is 12.0. The van der Waals surface area contributed by atoms with E-state index in [1.54, 1.807) is 0 Å². The summed E-state index contributed by atoms with van der Waals surface area (Å²) in [7, 11) is 2.20. The largest absolute Gasteiger partial charge is 0.493 e. The Labute approximate surface area is 109 Å². The molecule has 2 heterocycles. The lowest BCUT2D eigenvalue weighted by Gasteiger charge is -2.28. The molecule has 1 aromatic rings. The van der Waals surface area contributed by atoms with Crippen LogP contribution in [0, 0.1) is 5.92 Å². The van der Waals surface area contributed by atoms with Gasteiger partial charge < -0.3 is 15.0 Å². The Hall–Kier alpha value is -1.06. The SMILES string of the molecule is CN1CCC(COc2cccc3c2CNC3)CC1. The molecule has 1 fully saturated rings. The van der Waals surface area contributed by atoms with E-state index in [2.05, 4.69) is 35.5 Å². The Morgan fingerprint density at radius 3 is 2.94 bits per heavy atom. The smallest absolute Gasteiger partial charge is 0.124 e. The average molecular weight is 246 g/mol. The number of ether oxygens (including phenoxy) is 1. The molecule has 18 heavy (non-hydrogen) atoms. The molecule has 0 radical (unpaired) electrons. The number of nitrogens with zero attached hydrogens (tertiary/aromatic N) is 1. The van der Waals surface area contributed by atoms with Gasteiger partial charge in [-0.05, 0) is 50.5 Å². The quantitative estimate of drug-likeness (QED) is 0.883. The van der Waals surface area contributed by atoms with E-state index in [-0.39, 0.29) is 0 Å². The van der Waals surface area contributed by atoms with Crippen molar-refractivity contribution in [3.05, 3.63) is 29.3 Å². The van der Waals surface area contributed by atoms with E-state index in [9.17, 15) is 0 Å². The summed E-state index contributed by atoms with van der Waals surface area (Å²) in [6.07, 6.45) is 2.54. The van der Waals surface area contributed by atoms with Crippen molar-refractivity contribution in [3.63, 3.8) is 0 Å². The Bertz CT molecular complexity index is 411. The van der Waals surface area contributed by atoms with Crippen LogP contribution in [-0.2, 0) is 13.1 Å². The van der Waals surface area contributed by atoms with Crippen LogP contribution in [0.3, 0.4) is 0 Å². The maximum absolute atomic E-state index is 6.07. The van der Waals surface area contributed by atoms with Crippen molar-refractivity contribution in [1.82, 2.24) is 10.2 Å². The van der Waals surface area contributed by atoms with Gasteiger partial charge in [-0.15, -0.1) is 0 Å². The second kappa shape index (κ2) is 5.29. The molecule has 98 valence electrons. The molecular weight excluding hydrogens is 224 g/mol. The molecule has 2 aliphatic rings. The fourth-order valence-electron chi connectivity index (χ4n) is 2.87. The highest BCUT2D eigenvalue weighted by atomic mass is 16.5. The Morgan fingerprint density at radius 2 is 2.11 bits per heavy atom. The topological polar surface area (TPSA) is 24.5 Å². The summed E-state index contributed by atoms with van der Waals surface area (Å²) in [6.45, 7) is 5.24. The Balaban J connectivity index is 1.59. The van der Waals surface area contributed by atoms with Gasteiger partial charge in [0, 0.05) is 18.7 Å². The minimum Gasteiger partial charge on any atom is -0.493 e. The minimum atomic E-state index is 0.728. The van der Waals surface area contributed by atoms with Gasteiger partial charge in [-0.3, -0.25) is 0 Å². The molecule has 3 heteroatoms. The highest BCUT2D eigenvalue weighted by molar-refractivity contribution is 5.42. The number of benzene rings is 1. The highest BCUT2D eigenvalue weighted by Crippen LogP contribution is 2.27. The molecule has 0 aromatic heterocycles. The number of nitrogens with one attached hydrogen (secondary N) is 1. The van der Waals surface area contributed by atoms with Crippen LogP contribution < -0.4 is 10.1 Å². The fraction of sp³-hybridized carbons (Fsp3) is 0.600. The maximum Gasteiger partial charge on any atom is 0.124 e. The number of piperidine rings is 1. The maximum atomic E-state index is 6.07. The van der Waals surface area contributed by atoms with Crippen molar-refractivity contribution in [2.75, 3.05) is 26.7 Å². The van der Waals surface area contributed by atoms with Crippen LogP contribution in [0.15, 0.2) is 18.2 Å². The molecule has 0 aliphatic carbocycles. The van der Waals surface area contributed by atoms with Crippen LogP contribution >= 0.6 is 0 Å². The zero-order valence-electron chi connectivity index (χ0n) is 11.1. The lowest BCUT2D eigenvalue weighted by molar-refractivity contribution is 0.159. The zero-order valence-corrected chi connectivity index (χ0v) is 11.1. The standard InChI is InChI=1S/C15H22N2O/c1-17-7-5-12(6-8-17)11-18-15-4-2-3-13-9-16-10-14(13)15/h2-4,12,16H,5-11H2,1H3. The van der Waals surface area contributed by atoms with Crippen LogP contribution in [0.4, 0.5) is 0 Å². The summed E-state index contributed by atoms with van der Waals surface area (Å²) >= 11 is 0. The molecule has 0 bridgehead atoms. The first-order valence-electron chi connectivity index (χ1n) is 6.96. The number of rotatable bonds is 3. The molecule has 3 rings (SSSR count). The van der Waals surface area contributed by atoms with E-state index in [1.165, 1.54) is 37.1 Å². The average Bonchev–Trinajstić information content (AvgIpc) is 2.87. The first-order valence-corrected chi connectivity index (χ1v) is 6.96. The monoisotopic (exact) mass is 246 g/mol. The minimum absolute atomic E-state index is 0.728. The van der Waals surface area contributed by atoms with Crippen LogP contribution in [0.5, 0.6) is 5.75 Å². The van der Waals surface area contributed by atoms with E-state index in [0.29, 0.717) is 0 Å². The van der Waals surface area contributed by atoms with E-state index in [1.807, 2.05) is 0 Å². The third-order valence-electron chi connectivity index (χ3n) is 4.16. The molecule has 0 saturated carbocycles. The third-order valence-corrected chi connectivity index (χ3v) is 4.16. The fourth-order valence-corrected chi connectivity index (χ4v) is 2.87. The van der Waals surface area contributed by atoms with Gasteiger partial charge in [0.25, 0.3) is 0 Å². The van der Waals surface area contributed by atoms with Crippen molar-refractivity contribution >= 4 is 0 Å². The van der Waals surface area contributed by atoms with Crippen molar-refractivity contribution in [1.29, 1.82) is 0 Å². The summed E-state index contributed by atoms with van der Waals surface area (Å²) in [6, 6.07) is 6.41. The van der Waals surface area contributed by atoms with E-state index >= 15 is 0 Å². The van der Waals surface area contributed by atoms with Gasteiger partial charge in [-0.1, -0.05) is 12.1 Å². The summed E-state index contributed by atoms with van der Waals surface area (Å²) in [4.78, 5) is 2.40. The lowest BCUT2D eigenvalue weighted by atomic mass is 9.98.